The van der Waals surface area contributed by atoms with E-state index in [9.17, 15) is 18.0 Å². The number of hydrogen-bond acceptors (Lipinski definition) is 5. The third-order valence-electron chi connectivity index (χ3n) is 5.39. The van der Waals surface area contributed by atoms with Gasteiger partial charge in [0.15, 0.2) is 5.69 Å². The van der Waals surface area contributed by atoms with E-state index < -0.39 is 11.7 Å². The fourth-order valence-corrected chi connectivity index (χ4v) is 3.71. The van der Waals surface area contributed by atoms with Gasteiger partial charge in [-0.2, -0.15) is 13.2 Å². The molecule has 35 heavy (non-hydrogen) atoms. The van der Waals surface area contributed by atoms with Crippen molar-refractivity contribution in [1.29, 1.82) is 0 Å². The number of aromatic nitrogens is 1. The SMILES string of the molecule is CN(Cc1ccccc1)C(=O)c1coc(CN(Cc2ccoc2)Cc2cccc(C(F)(F)F)c2)n1. The second kappa shape index (κ2) is 10.6. The van der Waals surface area contributed by atoms with Gasteiger partial charge in [0.05, 0.1) is 24.6 Å². The van der Waals surface area contributed by atoms with Gasteiger partial charge in [0.1, 0.15) is 6.26 Å². The van der Waals surface area contributed by atoms with Crippen LogP contribution in [0.4, 0.5) is 13.2 Å². The minimum atomic E-state index is -4.42. The zero-order valence-electron chi connectivity index (χ0n) is 19.0. The van der Waals surface area contributed by atoms with E-state index in [0.29, 0.717) is 18.7 Å². The molecule has 0 bridgehead atoms. The van der Waals surface area contributed by atoms with Crippen molar-refractivity contribution in [1.82, 2.24) is 14.8 Å². The number of oxazole rings is 1. The highest BCUT2D eigenvalue weighted by Crippen LogP contribution is 2.30. The van der Waals surface area contributed by atoms with Crippen LogP contribution in [0.15, 0.2) is 88.3 Å². The predicted octanol–water partition coefficient (Wildman–Crippen LogP) is 5.76. The summed E-state index contributed by atoms with van der Waals surface area (Å²) in [7, 11) is 1.68. The molecule has 0 N–H and O–H groups in total. The largest absolute Gasteiger partial charge is 0.472 e. The van der Waals surface area contributed by atoms with E-state index in [1.54, 1.807) is 30.3 Å². The minimum Gasteiger partial charge on any atom is -0.472 e. The van der Waals surface area contributed by atoms with E-state index in [-0.39, 0.29) is 30.6 Å². The number of alkyl halides is 3. The van der Waals surface area contributed by atoms with Crippen LogP contribution in [0, 0.1) is 0 Å². The van der Waals surface area contributed by atoms with Crippen LogP contribution in [0.25, 0.3) is 0 Å². The Morgan fingerprint density at radius 2 is 1.63 bits per heavy atom. The van der Waals surface area contributed by atoms with Gasteiger partial charge in [0.2, 0.25) is 5.89 Å². The van der Waals surface area contributed by atoms with E-state index in [1.165, 1.54) is 18.6 Å². The molecule has 182 valence electrons. The van der Waals surface area contributed by atoms with Crippen LogP contribution in [0.5, 0.6) is 0 Å². The van der Waals surface area contributed by atoms with Crippen molar-refractivity contribution >= 4 is 5.91 Å². The molecular formula is C26H24F3N3O3. The second-order valence-corrected chi connectivity index (χ2v) is 8.25. The fourth-order valence-electron chi connectivity index (χ4n) is 3.71. The lowest BCUT2D eigenvalue weighted by molar-refractivity contribution is -0.137. The molecule has 4 aromatic rings. The summed E-state index contributed by atoms with van der Waals surface area (Å²) in [6.07, 6.45) is -0.0149. The maximum Gasteiger partial charge on any atom is 0.416 e. The first-order valence-corrected chi connectivity index (χ1v) is 10.9. The summed E-state index contributed by atoms with van der Waals surface area (Å²) in [4.78, 5) is 20.5. The van der Waals surface area contributed by atoms with Crippen LogP contribution in [0.2, 0.25) is 0 Å². The lowest BCUT2D eigenvalue weighted by Crippen LogP contribution is -2.26. The first-order valence-electron chi connectivity index (χ1n) is 10.9. The van der Waals surface area contributed by atoms with E-state index in [2.05, 4.69) is 4.98 Å². The molecule has 0 aliphatic carbocycles. The van der Waals surface area contributed by atoms with Gasteiger partial charge in [-0.25, -0.2) is 4.98 Å². The molecule has 0 saturated carbocycles. The number of benzene rings is 2. The molecule has 0 spiro atoms. The zero-order valence-corrected chi connectivity index (χ0v) is 19.0. The number of nitrogens with zero attached hydrogens (tertiary/aromatic N) is 3. The molecule has 4 rings (SSSR count). The molecule has 2 aromatic heterocycles. The van der Waals surface area contributed by atoms with Gasteiger partial charge in [0.25, 0.3) is 5.91 Å². The first-order chi connectivity index (χ1) is 16.8. The van der Waals surface area contributed by atoms with Crippen LogP contribution in [0.1, 0.15) is 38.6 Å². The van der Waals surface area contributed by atoms with Gasteiger partial charge in [-0.1, -0.05) is 48.5 Å². The van der Waals surface area contributed by atoms with Crippen molar-refractivity contribution in [3.8, 4) is 0 Å². The van der Waals surface area contributed by atoms with Crippen molar-refractivity contribution in [3.63, 3.8) is 0 Å². The summed E-state index contributed by atoms with van der Waals surface area (Å²) >= 11 is 0. The normalized spacial score (nSPS) is 11.7. The average Bonchev–Trinajstić information content (AvgIpc) is 3.51. The first kappa shape index (κ1) is 24.3. The standard InChI is InChI=1S/C26H24F3N3O3/c1-31(13-19-6-3-2-4-7-19)25(33)23-18-35-24(30-23)16-32(15-21-10-11-34-17-21)14-20-8-5-9-22(12-20)26(27,28)29/h2-12,17-18H,13-16H2,1H3. The van der Waals surface area contributed by atoms with Crippen molar-refractivity contribution in [2.75, 3.05) is 7.05 Å². The Bertz CT molecular complexity index is 1240. The van der Waals surface area contributed by atoms with E-state index >= 15 is 0 Å². The van der Waals surface area contributed by atoms with Crippen LogP contribution in [0.3, 0.4) is 0 Å². The van der Waals surface area contributed by atoms with Gasteiger partial charge >= 0.3 is 6.18 Å². The lowest BCUT2D eigenvalue weighted by atomic mass is 10.1. The fraction of sp³-hybridized carbons (Fsp3) is 0.231. The maximum absolute atomic E-state index is 13.2. The Morgan fingerprint density at radius 3 is 2.34 bits per heavy atom. The van der Waals surface area contributed by atoms with Crippen molar-refractivity contribution in [3.05, 3.63) is 113 Å². The van der Waals surface area contributed by atoms with E-state index in [0.717, 1.165) is 23.3 Å². The average molecular weight is 483 g/mol. The van der Waals surface area contributed by atoms with Gasteiger partial charge in [-0.3, -0.25) is 9.69 Å². The van der Waals surface area contributed by atoms with Crippen LogP contribution >= 0.6 is 0 Å². The predicted molar refractivity (Wildman–Crippen MR) is 122 cm³/mol. The molecule has 0 fully saturated rings. The third kappa shape index (κ3) is 6.60. The monoisotopic (exact) mass is 483 g/mol. The molecule has 0 aliphatic rings. The molecule has 9 heteroatoms. The number of hydrogen-bond donors (Lipinski definition) is 0. The molecule has 0 radical (unpaired) electrons. The molecule has 0 atom stereocenters. The highest BCUT2D eigenvalue weighted by molar-refractivity contribution is 5.91. The molecule has 0 unspecified atom stereocenters. The topological polar surface area (TPSA) is 62.7 Å². The number of amides is 1. The quantitative estimate of drug-likeness (QED) is 0.303. The Morgan fingerprint density at radius 1 is 0.886 bits per heavy atom. The Hall–Kier alpha value is -3.85. The smallest absolute Gasteiger partial charge is 0.416 e. The Kier molecular flexibility index (Phi) is 7.36. The van der Waals surface area contributed by atoms with Gasteiger partial charge in [0, 0.05) is 32.2 Å². The zero-order chi connectivity index (χ0) is 24.8. The summed E-state index contributed by atoms with van der Waals surface area (Å²) in [6.45, 7) is 1.22. The molecule has 6 nitrogen and oxygen atoms in total. The summed E-state index contributed by atoms with van der Waals surface area (Å²) in [6, 6.07) is 16.6. The highest BCUT2D eigenvalue weighted by atomic mass is 19.4. The Balaban J connectivity index is 1.47. The molecular weight excluding hydrogens is 459 g/mol. The van der Waals surface area contributed by atoms with Crippen molar-refractivity contribution in [2.45, 2.75) is 32.4 Å². The van der Waals surface area contributed by atoms with E-state index in [1.807, 2.05) is 35.2 Å². The van der Waals surface area contributed by atoms with Crippen LogP contribution in [-0.4, -0.2) is 27.7 Å². The molecule has 2 heterocycles. The number of carbonyl (C=O) groups is 1. The van der Waals surface area contributed by atoms with Gasteiger partial charge in [-0.05, 0) is 23.3 Å². The molecule has 0 aliphatic heterocycles. The summed E-state index contributed by atoms with van der Waals surface area (Å²) in [5.74, 6) is 0.0000445. The summed E-state index contributed by atoms with van der Waals surface area (Å²) in [5.41, 5.74) is 1.79. The van der Waals surface area contributed by atoms with Crippen molar-refractivity contribution < 1.29 is 26.8 Å². The van der Waals surface area contributed by atoms with Gasteiger partial charge in [-0.15, -0.1) is 0 Å². The summed E-state index contributed by atoms with van der Waals surface area (Å²) < 4.78 is 50.1. The summed E-state index contributed by atoms with van der Waals surface area (Å²) in [5, 5.41) is 0. The lowest BCUT2D eigenvalue weighted by Gasteiger charge is -2.21. The number of carbonyl (C=O) groups excluding carboxylic acids is 1. The molecule has 1 amide bonds. The van der Waals surface area contributed by atoms with E-state index in [4.69, 9.17) is 8.83 Å². The second-order valence-electron chi connectivity index (χ2n) is 8.25. The van der Waals surface area contributed by atoms with Crippen LogP contribution < -0.4 is 0 Å². The van der Waals surface area contributed by atoms with Gasteiger partial charge < -0.3 is 13.7 Å². The van der Waals surface area contributed by atoms with Crippen molar-refractivity contribution in [2.24, 2.45) is 0 Å². The van der Waals surface area contributed by atoms with Crippen LogP contribution in [-0.2, 0) is 32.4 Å². The minimum absolute atomic E-state index is 0.167. The third-order valence-corrected chi connectivity index (χ3v) is 5.39. The number of halogens is 3. The highest BCUT2D eigenvalue weighted by Gasteiger charge is 2.30. The Labute approximate surface area is 200 Å². The molecule has 2 aromatic carbocycles. The molecule has 0 saturated heterocycles. The number of rotatable bonds is 9. The number of furan rings is 1. The maximum atomic E-state index is 13.2.